The molecule has 0 spiro atoms. The predicted molar refractivity (Wildman–Crippen MR) is 103 cm³/mol. The fraction of sp³-hybridized carbons (Fsp3) is 0.476. The van der Waals surface area contributed by atoms with E-state index < -0.39 is 0 Å². The number of nitrogens with zero attached hydrogens (tertiary/aromatic N) is 3. The average Bonchev–Trinajstić information content (AvgIpc) is 3.40. The van der Waals surface area contributed by atoms with Crippen molar-refractivity contribution < 1.29 is 14.2 Å². The normalized spacial score (nSPS) is 18.4. The van der Waals surface area contributed by atoms with E-state index in [0.29, 0.717) is 12.9 Å². The summed E-state index contributed by atoms with van der Waals surface area (Å²) in [6, 6.07) is 6.19. The van der Waals surface area contributed by atoms with E-state index in [-0.39, 0.29) is 0 Å². The average molecular weight is 369 g/mol. The molecular formula is C21H27N3O3. The summed E-state index contributed by atoms with van der Waals surface area (Å²) in [6.45, 7) is 10.4. The molecule has 1 fully saturated rings. The molecule has 6 nitrogen and oxygen atoms in total. The molecule has 6 heteroatoms. The van der Waals surface area contributed by atoms with Gasteiger partial charge in [0.05, 0.1) is 18.8 Å². The molecule has 1 unspecified atom stereocenters. The van der Waals surface area contributed by atoms with Crippen LogP contribution in [0.2, 0.25) is 0 Å². The number of aromatic nitrogens is 2. The number of allylic oxidation sites excluding steroid dienone is 1. The van der Waals surface area contributed by atoms with Crippen molar-refractivity contribution in [3.63, 3.8) is 0 Å². The van der Waals surface area contributed by atoms with Crippen molar-refractivity contribution in [1.29, 1.82) is 0 Å². The highest BCUT2D eigenvalue weighted by Gasteiger charge is 2.22. The Morgan fingerprint density at radius 2 is 2.19 bits per heavy atom. The number of hydrogen-bond donors (Lipinski definition) is 0. The maximum atomic E-state index is 5.89. The van der Waals surface area contributed by atoms with Crippen molar-refractivity contribution in [2.45, 2.75) is 45.5 Å². The molecule has 1 atom stereocenters. The first kappa shape index (κ1) is 18.1. The van der Waals surface area contributed by atoms with Gasteiger partial charge in [-0.2, -0.15) is 5.10 Å². The second-order valence-electron chi connectivity index (χ2n) is 7.22. The van der Waals surface area contributed by atoms with E-state index in [2.05, 4.69) is 35.6 Å². The van der Waals surface area contributed by atoms with E-state index in [1.54, 1.807) is 0 Å². The Bertz CT molecular complexity index is 796. The Hall–Kier alpha value is -2.31. The van der Waals surface area contributed by atoms with Crippen LogP contribution in [0, 0.1) is 6.92 Å². The summed E-state index contributed by atoms with van der Waals surface area (Å²) in [5, 5.41) is 4.50. The van der Waals surface area contributed by atoms with Crippen LogP contribution in [-0.4, -0.2) is 40.7 Å². The summed E-state index contributed by atoms with van der Waals surface area (Å²) in [6.07, 6.45) is 6.44. The summed E-state index contributed by atoms with van der Waals surface area (Å²) >= 11 is 0. The summed E-state index contributed by atoms with van der Waals surface area (Å²) in [4.78, 5) is 2.44. The molecule has 3 heterocycles. The first-order valence-electron chi connectivity index (χ1n) is 9.57. The zero-order valence-electron chi connectivity index (χ0n) is 15.9. The van der Waals surface area contributed by atoms with E-state index in [0.717, 1.165) is 57.1 Å². The fourth-order valence-electron chi connectivity index (χ4n) is 3.75. The Kier molecular flexibility index (Phi) is 5.45. The van der Waals surface area contributed by atoms with Gasteiger partial charge in [-0.25, -0.2) is 0 Å². The molecule has 4 rings (SSSR count). The van der Waals surface area contributed by atoms with Gasteiger partial charge in [-0.05, 0) is 37.5 Å². The smallest absolute Gasteiger partial charge is 0.231 e. The van der Waals surface area contributed by atoms with Crippen LogP contribution >= 0.6 is 0 Å². The monoisotopic (exact) mass is 369 g/mol. The highest BCUT2D eigenvalue weighted by molar-refractivity contribution is 5.44. The summed E-state index contributed by atoms with van der Waals surface area (Å²) < 4.78 is 18.8. The van der Waals surface area contributed by atoms with Crippen LogP contribution < -0.4 is 9.47 Å². The molecule has 144 valence electrons. The Balaban J connectivity index is 1.50. The summed E-state index contributed by atoms with van der Waals surface area (Å²) in [5.74, 6) is 1.66. The van der Waals surface area contributed by atoms with Crippen LogP contribution in [0.15, 0.2) is 37.1 Å². The Labute approximate surface area is 160 Å². The molecule has 1 aromatic heterocycles. The number of ether oxygens (including phenoxy) is 3. The van der Waals surface area contributed by atoms with E-state index in [1.165, 1.54) is 16.8 Å². The van der Waals surface area contributed by atoms with Crippen LogP contribution in [0.5, 0.6) is 11.5 Å². The predicted octanol–water partition coefficient (Wildman–Crippen LogP) is 3.29. The second kappa shape index (κ2) is 8.15. The lowest BCUT2D eigenvalue weighted by molar-refractivity contribution is 0.0678. The van der Waals surface area contributed by atoms with Gasteiger partial charge in [0.15, 0.2) is 11.5 Å². The molecule has 2 aliphatic heterocycles. The molecule has 2 aliphatic rings. The third kappa shape index (κ3) is 4.17. The van der Waals surface area contributed by atoms with Crippen LogP contribution in [0.1, 0.15) is 29.7 Å². The zero-order valence-corrected chi connectivity index (χ0v) is 15.9. The van der Waals surface area contributed by atoms with Crippen LogP contribution in [0.25, 0.3) is 0 Å². The molecule has 1 saturated heterocycles. The Morgan fingerprint density at radius 1 is 1.30 bits per heavy atom. The van der Waals surface area contributed by atoms with Gasteiger partial charge in [-0.15, -0.1) is 6.58 Å². The standard InChI is InChI=1S/C21H27N3O3/c1-3-8-24-16(2)18(11-22-24)13-23(14-19-5-4-9-25-19)12-17-6-7-20-21(10-17)27-15-26-20/h3,6-7,10-11,19H,1,4-5,8-9,12-15H2,2H3. The number of fused-ring (bicyclic) bond motifs is 1. The van der Waals surface area contributed by atoms with Gasteiger partial charge in [0.2, 0.25) is 6.79 Å². The van der Waals surface area contributed by atoms with Gasteiger partial charge in [0.1, 0.15) is 0 Å². The van der Waals surface area contributed by atoms with E-state index >= 15 is 0 Å². The third-order valence-corrected chi connectivity index (χ3v) is 5.23. The van der Waals surface area contributed by atoms with Crippen molar-refractivity contribution in [1.82, 2.24) is 14.7 Å². The van der Waals surface area contributed by atoms with E-state index in [1.807, 2.05) is 23.0 Å². The number of hydrogen-bond acceptors (Lipinski definition) is 5. The molecular weight excluding hydrogens is 342 g/mol. The van der Waals surface area contributed by atoms with Crippen LogP contribution in [0.4, 0.5) is 0 Å². The number of rotatable bonds is 8. The van der Waals surface area contributed by atoms with Crippen molar-refractivity contribution in [2.75, 3.05) is 19.9 Å². The van der Waals surface area contributed by atoms with E-state index in [9.17, 15) is 0 Å². The maximum absolute atomic E-state index is 5.89. The molecule has 0 radical (unpaired) electrons. The lowest BCUT2D eigenvalue weighted by Gasteiger charge is -2.25. The van der Waals surface area contributed by atoms with E-state index in [4.69, 9.17) is 14.2 Å². The molecule has 0 aliphatic carbocycles. The lowest BCUT2D eigenvalue weighted by Crippen LogP contribution is -2.31. The highest BCUT2D eigenvalue weighted by atomic mass is 16.7. The van der Waals surface area contributed by atoms with Gasteiger partial charge in [-0.1, -0.05) is 12.1 Å². The van der Waals surface area contributed by atoms with Crippen molar-refractivity contribution in [3.8, 4) is 11.5 Å². The minimum absolute atomic E-state index is 0.306. The SMILES string of the molecule is C=CCn1ncc(CN(Cc2ccc3c(c2)OCO3)CC2CCCO2)c1C. The quantitative estimate of drug-likeness (QED) is 0.669. The second-order valence-corrected chi connectivity index (χ2v) is 7.22. The lowest BCUT2D eigenvalue weighted by atomic mass is 10.1. The van der Waals surface area contributed by atoms with Crippen molar-refractivity contribution in [2.24, 2.45) is 0 Å². The van der Waals surface area contributed by atoms with Gasteiger partial charge in [0, 0.05) is 37.5 Å². The largest absolute Gasteiger partial charge is 0.454 e. The maximum Gasteiger partial charge on any atom is 0.231 e. The van der Waals surface area contributed by atoms with Gasteiger partial charge < -0.3 is 14.2 Å². The topological polar surface area (TPSA) is 48.8 Å². The molecule has 0 N–H and O–H groups in total. The van der Waals surface area contributed by atoms with Crippen LogP contribution in [-0.2, 0) is 24.4 Å². The molecule has 2 aromatic rings. The van der Waals surface area contributed by atoms with Gasteiger partial charge in [0.25, 0.3) is 0 Å². The zero-order chi connectivity index (χ0) is 18.6. The summed E-state index contributed by atoms with van der Waals surface area (Å²) in [5.41, 5.74) is 3.65. The molecule has 27 heavy (non-hydrogen) atoms. The molecule has 0 bridgehead atoms. The van der Waals surface area contributed by atoms with Crippen molar-refractivity contribution >= 4 is 0 Å². The summed E-state index contributed by atoms with van der Waals surface area (Å²) in [7, 11) is 0. The minimum Gasteiger partial charge on any atom is -0.454 e. The molecule has 1 aromatic carbocycles. The molecule has 0 saturated carbocycles. The number of benzene rings is 1. The highest BCUT2D eigenvalue weighted by Crippen LogP contribution is 2.33. The minimum atomic E-state index is 0.306. The van der Waals surface area contributed by atoms with Crippen molar-refractivity contribution in [3.05, 3.63) is 53.9 Å². The fourth-order valence-corrected chi connectivity index (χ4v) is 3.75. The van der Waals surface area contributed by atoms with Crippen LogP contribution in [0.3, 0.4) is 0 Å². The Morgan fingerprint density at radius 3 is 3.00 bits per heavy atom. The first-order chi connectivity index (χ1) is 13.2. The van der Waals surface area contributed by atoms with Gasteiger partial charge in [-0.3, -0.25) is 9.58 Å². The first-order valence-corrected chi connectivity index (χ1v) is 9.57. The van der Waals surface area contributed by atoms with Gasteiger partial charge >= 0.3 is 0 Å². The molecule has 0 amide bonds. The third-order valence-electron chi connectivity index (χ3n) is 5.23.